The van der Waals surface area contributed by atoms with Crippen LogP contribution in [0.2, 0.25) is 0 Å². The van der Waals surface area contributed by atoms with Crippen LogP contribution in [-0.2, 0) is 11.3 Å². The Bertz CT molecular complexity index is 975. The third-order valence-corrected chi connectivity index (χ3v) is 5.04. The van der Waals surface area contributed by atoms with Gasteiger partial charge in [-0.25, -0.2) is 9.07 Å². The highest BCUT2D eigenvalue weighted by molar-refractivity contribution is 5.43. The van der Waals surface area contributed by atoms with Gasteiger partial charge in [0.15, 0.2) is 0 Å². The van der Waals surface area contributed by atoms with E-state index in [4.69, 9.17) is 14.6 Å². The van der Waals surface area contributed by atoms with E-state index in [1.165, 1.54) is 12.1 Å². The van der Waals surface area contributed by atoms with E-state index < -0.39 is 6.10 Å². The first-order valence-corrected chi connectivity index (χ1v) is 10.4. The van der Waals surface area contributed by atoms with Crippen molar-refractivity contribution in [2.45, 2.75) is 39.5 Å². The first-order chi connectivity index (χ1) is 14.9. The second kappa shape index (κ2) is 10.5. The van der Waals surface area contributed by atoms with Gasteiger partial charge in [-0.2, -0.15) is 5.10 Å². The number of para-hydroxylation sites is 1. The molecule has 0 amide bonds. The van der Waals surface area contributed by atoms with Gasteiger partial charge < -0.3 is 14.6 Å². The Morgan fingerprint density at radius 2 is 1.87 bits per heavy atom. The van der Waals surface area contributed by atoms with Crippen LogP contribution >= 0.6 is 0 Å². The van der Waals surface area contributed by atoms with Crippen molar-refractivity contribution in [3.8, 4) is 17.3 Å². The molecule has 0 radical (unpaired) electrons. The van der Waals surface area contributed by atoms with Crippen molar-refractivity contribution in [2.75, 3.05) is 20.3 Å². The number of benzene rings is 2. The maximum absolute atomic E-state index is 13.8. The summed E-state index contributed by atoms with van der Waals surface area (Å²) in [4.78, 5) is 2.14. The number of aliphatic hydroxyl groups excluding tert-OH is 1. The van der Waals surface area contributed by atoms with Gasteiger partial charge >= 0.3 is 0 Å². The summed E-state index contributed by atoms with van der Waals surface area (Å²) in [7, 11) is 1.57. The van der Waals surface area contributed by atoms with E-state index in [-0.39, 0.29) is 18.5 Å². The van der Waals surface area contributed by atoms with Crippen molar-refractivity contribution in [1.82, 2.24) is 14.7 Å². The highest BCUT2D eigenvalue weighted by atomic mass is 19.1. The normalized spacial score (nSPS) is 12.5. The van der Waals surface area contributed by atoms with Gasteiger partial charge in [0.1, 0.15) is 11.6 Å². The summed E-state index contributed by atoms with van der Waals surface area (Å²) in [5.41, 5.74) is 2.53. The topological polar surface area (TPSA) is 59.8 Å². The highest BCUT2D eigenvalue weighted by Gasteiger charge is 2.24. The maximum Gasteiger partial charge on any atom is 0.227 e. The molecule has 1 heterocycles. The van der Waals surface area contributed by atoms with Crippen LogP contribution in [0.3, 0.4) is 0 Å². The van der Waals surface area contributed by atoms with E-state index in [1.807, 2.05) is 37.3 Å². The predicted molar refractivity (Wildman–Crippen MR) is 118 cm³/mol. The van der Waals surface area contributed by atoms with Gasteiger partial charge in [0, 0.05) is 32.3 Å². The van der Waals surface area contributed by atoms with Gasteiger partial charge in [-0.3, -0.25) is 4.90 Å². The molecule has 0 saturated heterocycles. The molecule has 2 aromatic carbocycles. The number of nitrogens with zero attached hydrogens (tertiary/aromatic N) is 3. The Hall–Kier alpha value is -2.74. The number of hydrogen-bond acceptors (Lipinski definition) is 5. The monoisotopic (exact) mass is 427 g/mol. The van der Waals surface area contributed by atoms with Crippen molar-refractivity contribution in [2.24, 2.45) is 0 Å². The molecule has 1 unspecified atom stereocenters. The van der Waals surface area contributed by atoms with Gasteiger partial charge in [0.05, 0.1) is 29.7 Å². The molecule has 0 aliphatic rings. The van der Waals surface area contributed by atoms with Gasteiger partial charge in [0.2, 0.25) is 5.88 Å². The first kappa shape index (κ1) is 22.9. The Balaban J connectivity index is 2.01. The number of aromatic nitrogens is 2. The summed E-state index contributed by atoms with van der Waals surface area (Å²) < 4.78 is 26.8. The molecule has 0 fully saturated rings. The third kappa shape index (κ3) is 5.91. The molecule has 166 valence electrons. The number of aliphatic hydroxyl groups is 1. The zero-order valence-electron chi connectivity index (χ0n) is 18.5. The summed E-state index contributed by atoms with van der Waals surface area (Å²) in [6.07, 6.45) is -0.607. The molecule has 1 atom stereocenters. The Kier molecular flexibility index (Phi) is 7.79. The van der Waals surface area contributed by atoms with Crippen LogP contribution in [0.5, 0.6) is 11.6 Å². The van der Waals surface area contributed by atoms with Crippen molar-refractivity contribution in [3.63, 3.8) is 0 Å². The average molecular weight is 428 g/mol. The van der Waals surface area contributed by atoms with Crippen molar-refractivity contribution < 1.29 is 19.0 Å². The van der Waals surface area contributed by atoms with Crippen LogP contribution in [-0.4, -0.2) is 52.2 Å². The minimum absolute atomic E-state index is 0.174. The van der Waals surface area contributed by atoms with E-state index in [9.17, 15) is 9.50 Å². The zero-order valence-corrected chi connectivity index (χ0v) is 18.5. The molecule has 0 aliphatic heterocycles. The minimum atomic E-state index is -0.607. The fraction of sp³-hybridized carbons (Fsp3) is 0.375. The van der Waals surface area contributed by atoms with E-state index in [2.05, 4.69) is 18.7 Å². The van der Waals surface area contributed by atoms with E-state index in [1.54, 1.807) is 23.9 Å². The number of aryl methyl sites for hydroxylation is 1. The lowest BCUT2D eigenvalue weighted by molar-refractivity contribution is 0.0277. The molecule has 0 bridgehead atoms. The molecule has 3 rings (SSSR count). The molecule has 0 saturated carbocycles. The predicted octanol–water partition coefficient (Wildman–Crippen LogP) is 4.33. The number of halogens is 1. The fourth-order valence-electron chi connectivity index (χ4n) is 3.39. The molecule has 31 heavy (non-hydrogen) atoms. The second-order valence-electron chi connectivity index (χ2n) is 7.81. The standard InChI is InChI=1S/C24H30FN3O3/c1-17(2)27(14-21(29)16-30-4)15-23-18(3)26-28(20-10-6-5-7-11-20)24(23)31-22-12-8-9-19(25)13-22/h5-13,17,21,29H,14-16H2,1-4H3. The molecule has 1 N–H and O–H groups in total. The van der Waals surface area contributed by atoms with Gasteiger partial charge in [-0.1, -0.05) is 24.3 Å². The largest absolute Gasteiger partial charge is 0.438 e. The molecular formula is C24H30FN3O3. The molecule has 0 aliphatic carbocycles. The second-order valence-corrected chi connectivity index (χ2v) is 7.81. The Morgan fingerprint density at radius 1 is 1.13 bits per heavy atom. The van der Waals surface area contributed by atoms with Crippen LogP contribution in [0.1, 0.15) is 25.1 Å². The number of hydrogen-bond donors (Lipinski definition) is 1. The third-order valence-electron chi connectivity index (χ3n) is 5.04. The maximum atomic E-state index is 13.8. The van der Waals surface area contributed by atoms with Gasteiger partial charge in [-0.05, 0) is 45.0 Å². The summed E-state index contributed by atoms with van der Waals surface area (Å²) in [5, 5.41) is 15.0. The lowest BCUT2D eigenvalue weighted by Crippen LogP contribution is -2.38. The Morgan fingerprint density at radius 3 is 2.52 bits per heavy atom. The van der Waals surface area contributed by atoms with Crippen LogP contribution in [0.4, 0.5) is 4.39 Å². The lowest BCUT2D eigenvalue weighted by atomic mass is 10.2. The molecular weight excluding hydrogens is 397 g/mol. The summed E-state index contributed by atoms with van der Waals surface area (Å²) in [6.45, 7) is 7.30. The summed E-state index contributed by atoms with van der Waals surface area (Å²) in [5.74, 6) is 0.558. The number of ether oxygens (including phenoxy) is 2. The molecule has 7 heteroatoms. The quantitative estimate of drug-likeness (QED) is 0.522. The first-order valence-electron chi connectivity index (χ1n) is 10.4. The van der Waals surface area contributed by atoms with Crippen molar-refractivity contribution >= 4 is 0 Å². The summed E-state index contributed by atoms with van der Waals surface area (Å²) >= 11 is 0. The summed E-state index contributed by atoms with van der Waals surface area (Å²) in [6, 6.07) is 15.9. The number of methoxy groups -OCH3 is 1. The van der Waals surface area contributed by atoms with Crippen LogP contribution in [0.25, 0.3) is 5.69 Å². The number of rotatable bonds is 10. The lowest BCUT2D eigenvalue weighted by Gasteiger charge is -2.28. The molecule has 3 aromatic rings. The van der Waals surface area contributed by atoms with Crippen LogP contribution in [0, 0.1) is 12.7 Å². The van der Waals surface area contributed by atoms with Gasteiger partial charge in [0.25, 0.3) is 0 Å². The van der Waals surface area contributed by atoms with Gasteiger partial charge in [-0.15, -0.1) is 0 Å². The van der Waals surface area contributed by atoms with E-state index >= 15 is 0 Å². The zero-order chi connectivity index (χ0) is 22.4. The molecule has 0 spiro atoms. The van der Waals surface area contributed by atoms with Crippen LogP contribution in [0.15, 0.2) is 54.6 Å². The van der Waals surface area contributed by atoms with Crippen molar-refractivity contribution in [1.29, 1.82) is 0 Å². The molecule has 1 aromatic heterocycles. The fourth-order valence-corrected chi connectivity index (χ4v) is 3.39. The van der Waals surface area contributed by atoms with Crippen LogP contribution < -0.4 is 4.74 Å². The molecule has 6 nitrogen and oxygen atoms in total. The van der Waals surface area contributed by atoms with E-state index in [0.29, 0.717) is 24.7 Å². The Labute approximate surface area is 182 Å². The minimum Gasteiger partial charge on any atom is -0.438 e. The average Bonchev–Trinajstić information content (AvgIpc) is 3.03. The SMILES string of the molecule is COCC(O)CN(Cc1c(C)nn(-c2ccccc2)c1Oc1cccc(F)c1)C(C)C. The van der Waals surface area contributed by atoms with E-state index in [0.717, 1.165) is 16.9 Å². The smallest absolute Gasteiger partial charge is 0.227 e. The highest BCUT2D eigenvalue weighted by Crippen LogP contribution is 2.32. The van der Waals surface area contributed by atoms with Crippen molar-refractivity contribution in [3.05, 3.63) is 71.7 Å².